The Bertz CT molecular complexity index is 1980. The quantitative estimate of drug-likeness (QED) is 0.0560. The summed E-state index contributed by atoms with van der Waals surface area (Å²) in [6.07, 6.45) is -5.17. The van der Waals surface area contributed by atoms with Crippen LogP contribution in [0.5, 0.6) is 0 Å². The Morgan fingerprint density at radius 1 is 1.00 bits per heavy atom. The molecule has 0 bridgehead atoms. The van der Waals surface area contributed by atoms with E-state index in [0.717, 1.165) is 29.0 Å². The van der Waals surface area contributed by atoms with Crippen molar-refractivity contribution in [1.82, 2.24) is 30.2 Å². The summed E-state index contributed by atoms with van der Waals surface area (Å²) in [5.41, 5.74) is 4.22. The van der Waals surface area contributed by atoms with Crippen molar-refractivity contribution in [3.8, 4) is 0 Å². The third-order valence-corrected chi connectivity index (χ3v) is 13.3. The first kappa shape index (κ1) is 48.7. The number of nitrogen functional groups attached to an aromatic ring is 1. The van der Waals surface area contributed by atoms with Gasteiger partial charge in [0.15, 0.2) is 22.8 Å². The highest BCUT2D eigenvalue weighted by molar-refractivity contribution is 8.13. The molecule has 3 heterocycles. The monoisotopic (exact) mass is 921 g/mol. The molecule has 1 saturated heterocycles. The van der Waals surface area contributed by atoms with E-state index < -0.39 is 96.4 Å². The molecule has 332 valence electrons. The first-order valence-corrected chi connectivity index (χ1v) is 23.2. The van der Waals surface area contributed by atoms with Gasteiger partial charge in [0.05, 0.1) is 25.5 Å². The molecule has 1 aliphatic heterocycles. The van der Waals surface area contributed by atoms with Gasteiger partial charge in [0.25, 0.3) is 0 Å². The molecule has 0 radical (unpaired) electrons. The molecule has 2 aromatic heterocycles. The number of rotatable bonds is 21. The number of anilines is 1. The number of nitrogens with zero attached hydrogens (tertiary/aromatic N) is 4. The number of phosphoric acid groups is 3. The molecule has 30 heteroatoms. The topological polar surface area (TPSA) is 401 Å². The molecule has 1 saturated carbocycles. The van der Waals surface area contributed by atoms with Crippen LogP contribution < -0.4 is 16.4 Å². The van der Waals surface area contributed by atoms with Crippen molar-refractivity contribution >= 4 is 75.1 Å². The Hall–Kier alpha value is -2.97. The third-order valence-electron chi connectivity index (χ3n) is 9.16. The lowest BCUT2D eigenvalue weighted by Crippen LogP contribution is -2.46. The number of carbonyl (C=O) groups is 4. The van der Waals surface area contributed by atoms with Crippen molar-refractivity contribution < 1.29 is 90.4 Å². The minimum atomic E-state index is -5.59. The van der Waals surface area contributed by atoms with Crippen LogP contribution in [0.4, 0.5) is 5.82 Å². The number of aliphatic carboxylic acids is 1. The number of hydrogen-bond donors (Lipinski definition) is 10. The molecule has 0 aromatic carbocycles. The summed E-state index contributed by atoms with van der Waals surface area (Å²) < 4.78 is 62.1. The van der Waals surface area contributed by atoms with Crippen molar-refractivity contribution in [3.05, 3.63) is 12.7 Å². The summed E-state index contributed by atoms with van der Waals surface area (Å²) in [7, 11) is -16.4. The van der Waals surface area contributed by atoms with Crippen LogP contribution in [-0.4, -0.2) is 134 Å². The predicted molar refractivity (Wildman–Crippen MR) is 200 cm³/mol. The second-order valence-corrected chi connectivity index (χ2v) is 19.5. The molecule has 11 N–H and O–H groups in total. The van der Waals surface area contributed by atoms with E-state index in [1.165, 1.54) is 13.8 Å². The number of amides is 2. The molecular formula is C29H46N7O19P3S. The van der Waals surface area contributed by atoms with Gasteiger partial charge in [-0.15, -0.1) is 0 Å². The van der Waals surface area contributed by atoms with Gasteiger partial charge in [0, 0.05) is 36.6 Å². The number of carboxylic acids is 1. The van der Waals surface area contributed by atoms with E-state index >= 15 is 0 Å². The van der Waals surface area contributed by atoms with E-state index in [0.29, 0.717) is 25.7 Å². The molecule has 26 nitrogen and oxygen atoms in total. The normalized spacial score (nSPS) is 25.2. The molecule has 0 spiro atoms. The SMILES string of the molecule is CC(C)(COP(=O)(O)OP(=O)(O)OC[C@H]1O[C@@H](n2cnc3c(N)ncnc32)[C@H](O)[C@@H]1OP(=O)(O)O)[C@@H](O)C(=O)NCCC(=O)NCCSC(=O)C1CCC(C(=O)O)CC1. The Morgan fingerprint density at radius 2 is 1.64 bits per heavy atom. The van der Waals surface area contributed by atoms with E-state index in [4.69, 9.17) is 24.6 Å². The number of nitrogens with one attached hydrogen (secondary N) is 2. The van der Waals surface area contributed by atoms with Crippen LogP contribution in [0, 0.1) is 17.3 Å². The van der Waals surface area contributed by atoms with E-state index in [2.05, 4.69) is 34.4 Å². The number of fused-ring (bicyclic) bond motifs is 1. The molecule has 59 heavy (non-hydrogen) atoms. The van der Waals surface area contributed by atoms with Crippen molar-refractivity contribution in [2.75, 3.05) is 37.8 Å². The number of nitrogens with two attached hydrogens (primary N) is 1. The fraction of sp³-hybridized carbons (Fsp3) is 0.690. The second-order valence-electron chi connectivity index (χ2n) is 14.1. The summed E-state index contributed by atoms with van der Waals surface area (Å²) in [6, 6.07) is 0. The van der Waals surface area contributed by atoms with Crippen molar-refractivity contribution in [2.45, 2.75) is 76.6 Å². The maximum absolute atomic E-state index is 12.7. The Morgan fingerprint density at radius 3 is 2.29 bits per heavy atom. The first-order chi connectivity index (χ1) is 27.4. The minimum Gasteiger partial charge on any atom is -0.481 e. The van der Waals surface area contributed by atoms with E-state index in [-0.39, 0.29) is 53.3 Å². The molecule has 1 aliphatic carbocycles. The predicted octanol–water partition coefficient (Wildman–Crippen LogP) is -0.444. The highest BCUT2D eigenvalue weighted by atomic mass is 32.2. The zero-order valence-electron chi connectivity index (χ0n) is 31.4. The van der Waals surface area contributed by atoms with Crippen molar-refractivity contribution in [2.24, 2.45) is 17.3 Å². The highest BCUT2D eigenvalue weighted by Gasteiger charge is 2.50. The number of aromatic nitrogens is 4. The summed E-state index contributed by atoms with van der Waals surface area (Å²) in [6.45, 7) is 0.344. The van der Waals surface area contributed by atoms with Gasteiger partial charge in [-0.25, -0.2) is 28.6 Å². The van der Waals surface area contributed by atoms with Gasteiger partial charge >= 0.3 is 29.4 Å². The van der Waals surface area contributed by atoms with E-state index in [9.17, 15) is 62.7 Å². The number of thioether (sulfide) groups is 1. The minimum absolute atomic E-state index is 0.0227. The molecule has 2 amide bonds. The number of aliphatic hydroxyl groups is 2. The fourth-order valence-electron chi connectivity index (χ4n) is 5.98. The van der Waals surface area contributed by atoms with Gasteiger partial charge in [-0.3, -0.25) is 37.3 Å². The average molecular weight is 922 g/mol. The second kappa shape index (κ2) is 20.3. The van der Waals surface area contributed by atoms with Gasteiger partial charge in [-0.05, 0) is 25.7 Å². The fourth-order valence-corrected chi connectivity index (χ4v) is 9.68. The molecule has 2 aliphatic rings. The Balaban J connectivity index is 1.20. The molecular weight excluding hydrogens is 875 g/mol. The maximum atomic E-state index is 12.7. The van der Waals surface area contributed by atoms with Gasteiger partial charge in [-0.1, -0.05) is 25.6 Å². The first-order valence-electron chi connectivity index (χ1n) is 17.7. The number of hydrogen-bond acceptors (Lipinski definition) is 19. The van der Waals surface area contributed by atoms with Gasteiger partial charge in [0.1, 0.15) is 36.3 Å². The lowest BCUT2D eigenvalue weighted by atomic mass is 9.83. The largest absolute Gasteiger partial charge is 0.481 e. The van der Waals surface area contributed by atoms with Crippen LogP contribution in [0.1, 0.15) is 52.2 Å². The van der Waals surface area contributed by atoms with Crippen LogP contribution in [0.3, 0.4) is 0 Å². The number of aliphatic hydroxyl groups excluding tert-OH is 2. The molecule has 4 rings (SSSR count). The number of ether oxygens (including phenoxy) is 1. The summed E-state index contributed by atoms with van der Waals surface area (Å²) >= 11 is 1.04. The van der Waals surface area contributed by atoms with Crippen molar-refractivity contribution in [1.29, 1.82) is 0 Å². The highest BCUT2D eigenvalue weighted by Crippen LogP contribution is 2.61. The van der Waals surface area contributed by atoms with E-state index in [1.54, 1.807) is 0 Å². The van der Waals surface area contributed by atoms with E-state index in [1.807, 2.05) is 0 Å². The summed E-state index contributed by atoms with van der Waals surface area (Å²) in [5.74, 6) is -2.78. The number of carboxylic acid groups (broad SMARTS) is 1. The van der Waals surface area contributed by atoms with Crippen LogP contribution in [0.25, 0.3) is 11.2 Å². The third kappa shape index (κ3) is 14.0. The zero-order chi connectivity index (χ0) is 43.9. The Kier molecular flexibility index (Phi) is 16.7. The summed E-state index contributed by atoms with van der Waals surface area (Å²) in [4.78, 5) is 99.2. The molecule has 7 atom stereocenters. The standard InChI is InChI=1S/C29H46N7O19P3S/c1-29(2,22(39)25(40)32-8-7-18(37)31-9-10-59-28(43)16-5-3-15(4-6-16)27(41)42)12-52-58(49,50)55-57(47,48)51-11-17-21(54-56(44,45)46)20(38)26(53-17)36-14-35-19-23(30)33-13-34-24(19)36/h13-17,20-22,26,38-39H,3-12H2,1-2H3,(H,31,37)(H,32,40)(H,41,42)(H,47,48)(H,49,50)(H2,30,33,34)(H2,44,45,46)/t15?,16?,17-,20-,21-,22+,26-/m1/s1. The zero-order valence-corrected chi connectivity index (χ0v) is 34.9. The number of phosphoric ester groups is 3. The summed E-state index contributed by atoms with van der Waals surface area (Å²) in [5, 5.41) is 35.4. The lowest BCUT2D eigenvalue weighted by Gasteiger charge is -2.30. The van der Waals surface area contributed by atoms with Gasteiger partial charge in [-0.2, -0.15) is 4.31 Å². The Labute approximate surface area is 339 Å². The van der Waals surface area contributed by atoms with Crippen LogP contribution in [-0.2, 0) is 55.5 Å². The van der Waals surface area contributed by atoms with Crippen LogP contribution in [0.2, 0.25) is 0 Å². The molecule has 2 aromatic rings. The number of carbonyl (C=O) groups excluding carboxylic acids is 3. The lowest BCUT2D eigenvalue weighted by molar-refractivity contribution is -0.143. The molecule has 2 unspecified atom stereocenters. The van der Waals surface area contributed by atoms with Gasteiger partial charge in [0.2, 0.25) is 11.8 Å². The molecule has 2 fully saturated rings. The maximum Gasteiger partial charge on any atom is 0.481 e. The van der Waals surface area contributed by atoms with Crippen molar-refractivity contribution in [3.63, 3.8) is 0 Å². The van der Waals surface area contributed by atoms with Crippen LogP contribution >= 0.6 is 35.2 Å². The van der Waals surface area contributed by atoms with Gasteiger partial charge < -0.3 is 56.0 Å². The smallest absolute Gasteiger partial charge is 0.481 e. The van der Waals surface area contributed by atoms with Crippen LogP contribution in [0.15, 0.2) is 12.7 Å². The average Bonchev–Trinajstić information content (AvgIpc) is 3.71. The number of imidazole rings is 1.